The fourth-order valence-electron chi connectivity index (χ4n) is 1.96. The van der Waals surface area contributed by atoms with Crippen LogP contribution in [0, 0.1) is 13.8 Å². The van der Waals surface area contributed by atoms with Crippen molar-refractivity contribution < 1.29 is 9.53 Å². The number of aryl methyl sites for hydroxylation is 1. The minimum absolute atomic E-state index is 0.0319. The van der Waals surface area contributed by atoms with E-state index in [1.165, 1.54) is 12.2 Å². The first kappa shape index (κ1) is 13.1. The van der Waals surface area contributed by atoms with Crippen molar-refractivity contribution in [2.45, 2.75) is 13.8 Å². The fourth-order valence-corrected chi connectivity index (χ4v) is 1.96. The summed E-state index contributed by atoms with van der Waals surface area (Å²) in [5.74, 6) is 0.630. The number of benzene rings is 1. The highest BCUT2D eigenvalue weighted by Gasteiger charge is 2.12. The Kier molecular flexibility index (Phi) is 3.51. The molecule has 0 fully saturated rings. The molecule has 0 spiro atoms. The van der Waals surface area contributed by atoms with E-state index in [-0.39, 0.29) is 5.78 Å². The molecule has 2 rings (SSSR count). The number of methoxy groups -OCH3 is 1. The standard InChI is InChI=1S/C15H16N2O2/c1-9-8-13(15(19-3)10(2)14(9)16)17-11-4-6-12(18)7-5-11/h4-8H,16H2,1-3H3. The largest absolute Gasteiger partial charge is 0.494 e. The van der Waals surface area contributed by atoms with Crippen molar-refractivity contribution in [3.05, 3.63) is 41.5 Å². The Bertz CT molecular complexity index is 608. The first-order valence-electron chi connectivity index (χ1n) is 5.95. The van der Waals surface area contributed by atoms with E-state index >= 15 is 0 Å². The average molecular weight is 256 g/mol. The van der Waals surface area contributed by atoms with Crippen molar-refractivity contribution in [3.8, 4) is 5.75 Å². The van der Waals surface area contributed by atoms with Gasteiger partial charge in [0.1, 0.15) is 11.4 Å². The van der Waals surface area contributed by atoms with Crippen LogP contribution in [0.2, 0.25) is 0 Å². The Hall–Kier alpha value is -2.36. The molecule has 1 aromatic rings. The molecule has 2 N–H and O–H groups in total. The Morgan fingerprint density at radius 3 is 2.37 bits per heavy atom. The molecule has 0 aliphatic heterocycles. The minimum atomic E-state index is -0.0319. The van der Waals surface area contributed by atoms with Gasteiger partial charge in [-0.2, -0.15) is 0 Å². The van der Waals surface area contributed by atoms with E-state index in [0.29, 0.717) is 22.8 Å². The second-order valence-corrected chi connectivity index (χ2v) is 4.39. The number of hydrogen-bond donors (Lipinski definition) is 1. The summed E-state index contributed by atoms with van der Waals surface area (Å²) < 4.78 is 5.37. The van der Waals surface area contributed by atoms with Gasteiger partial charge in [-0.25, -0.2) is 4.99 Å². The first-order valence-corrected chi connectivity index (χ1v) is 5.95. The molecule has 19 heavy (non-hydrogen) atoms. The number of aliphatic imine (C=N–C) groups is 1. The van der Waals surface area contributed by atoms with Gasteiger partial charge in [-0.15, -0.1) is 0 Å². The van der Waals surface area contributed by atoms with Crippen molar-refractivity contribution in [1.82, 2.24) is 0 Å². The second kappa shape index (κ2) is 5.10. The van der Waals surface area contributed by atoms with Gasteiger partial charge in [0.2, 0.25) is 0 Å². The van der Waals surface area contributed by atoms with E-state index in [4.69, 9.17) is 10.5 Å². The third kappa shape index (κ3) is 2.57. The molecule has 0 bridgehead atoms. The van der Waals surface area contributed by atoms with Gasteiger partial charge in [-0.3, -0.25) is 4.79 Å². The number of hydrogen-bond acceptors (Lipinski definition) is 4. The van der Waals surface area contributed by atoms with Gasteiger partial charge in [0.05, 0.1) is 12.8 Å². The summed E-state index contributed by atoms with van der Waals surface area (Å²) in [6, 6.07) is 1.88. The number of rotatable bonds is 2. The number of carbonyl (C=O) groups is 1. The van der Waals surface area contributed by atoms with E-state index in [1.54, 1.807) is 19.3 Å². The number of nitrogens with zero attached hydrogens (tertiary/aromatic N) is 1. The zero-order chi connectivity index (χ0) is 14.0. The zero-order valence-corrected chi connectivity index (χ0v) is 11.2. The lowest BCUT2D eigenvalue weighted by molar-refractivity contribution is -0.110. The molecule has 98 valence electrons. The van der Waals surface area contributed by atoms with Crippen molar-refractivity contribution in [1.29, 1.82) is 0 Å². The molecule has 0 atom stereocenters. The highest BCUT2D eigenvalue weighted by Crippen LogP contribution is 2.37. The molecule has 0 saturated heterocycles. The quantitative estimate of drug-likeness (QED) is 0.653. The number of nitrogens with two attached hydrogens (primary N) is 1. The highest BCUT2D eigenvalue weighted by atomic mass is 16.5. The summed E-state index contributed by atoms with van der Waals surface area (Å²) in [6.07, 6.45) is 6.34. The average Bonchev–Trinajstić information content (AvgIpc) is 2.39. The third-order valence-electron chi connectivity index (χ3n) is 3.05. The van der Waals surface area contributed by atoms with Crippen LogP contribution in [0.3, 0.4) is 0 Å². The summed E-state index contributed by atoms with van der Waals surface area (Å²) >= 11 is 0. The summed E-state index contributed by atoms with van der Waals surface area (Å²) in [7, 11) is 1.59. The van der Waals surface area contributed by atoms with E-state index in [0.717, 1.165) is 11.1 Å². The van der Waals surface area contributed by atoms with Crippen LogP contribution in [0.25, 0.3) is 0 Å². The molecule has 1 aliphatic carbocycles. The van der Waals surface area contributed by atoms with Crippen molar-refractivity contribution >= 4 is 22.9 Å². The summed E-state index contributed by atoms with van der Waals surface area (Å²) in [4.78, 5) is 15.6. The highest BCUT2D eigenvalue weighted by molar-refractivity contribution is 6.17. The summed E-state index contributed by atoms with van der Waals surface area (Å²) in [5.41, 5.74) is 9.95. The van der Waals surface area contributed by atoms with Crippen LogP contribution in [0.4, 0.5) is 11.4 Å². The molecule has 1 aliphatic rings. The maximum Gasteiger partial charge on any atom is 0.178 e. The lowest BCUT2D eigenvalue weighted by Gasteiger charge is -2.13. The lowest BCUT2D eigenvalue weighted by atomic mass is 10.1. The maximum absolute atomic E-state index is 11.1. The molecular weight excluding hydrogens is 240 g/mol. The van der Waals surface area contributed by atoms with Crippen LogP contribution in [0.1, 0.15) is 11.1 Å². The molecule has 0 unspecified atom stereocenters. The second-order valence-electron chi connectivity index (χ2n) is 4.39. The van der Waals surface area contributed by atoms with Gasteiger partial charge in [-0.05, 0) is 49.8 Å². The lowest BCUT2D eigenvalue weighted by Crippen LogP contribution is -2.00. The van der Waals surface area contributed by atoms with E-state index in [9.17, 15) is 4.79 Å². The first-order chi connectivity index (χ1) is 9.02. The van der Waals surface area contributed by atoms with Gasteiger partial charge in [0.25, 0.3) is 0 Å². The van der Waals surface area contributed by atoms with Crippen LogP contribution in [-0.4, -0.2) is 18.6 Å². The van der Waals surface area contributed by atoms with E-state index in [1.807, 2.05) is 19.9 Å². The number of ether oxygens (including phenoxy) is 1. The molecule has 0 heterocycles. The Morgan fingerprint density at radius 1 is 1.16 bits per heavy atom. The van der Waals surface area contributed by atoms with Crippen molar-refractivity contribution in [2.24, 2.45) is 4.99 Å². The predicted molar refractivity (Wildman–Crippen MR) is 77.3 cm³/mol. The van der Waals surface area contributed by atoms with Gasteiger partial charge in [0.15, 0.2) is 5.78 Å². The smallest absolute Gasteiger partial charge is 0.178 e. The maximum atomic E-state index is 11.1. The third-order valence-corrected chi connectivity index (χ3v) is 3.05. The Balaban J connectivity index is 2.52. The van der Waals surface area contributed by atoms with Crippen LogP contribution in [0.5, 0.6) is 5.75 Å². The molecule has 1 aromatic carbocycles. The number of allylic oxidation sites excluding steroid dienone is 4. The van der Waals surface area contributed by atoms with Crippen LogP contribution in [0.15, 0.2) is 35.4 Å². The Morgan fingerprint density at radius 2 is 1.79 bits per heavy atom. The fraction of sp³-hybridized carbons (Fsp3) is 0.200. The number of carbonyl (C=O) groups excluding carboxylic acids is 1. The molecule has 0 radical (unpaired) electrons. The topological polar surface area (TPSA) is 64.7 Å². The SMILES string of the molecule is COc1c(N=C2C=CC(=O)C=C2)cc(C)c(N)c1C. The molecular formula is C15H16N2O2. The Labute approximate surface area is 112 Å². The predicted octanol–water partition coefficient (Wildman–Crippen LogP) is 2.66. The zero-order valence-electron chi connectivity index (χ0n) is 11.2. The van der Waals surface area contributed by atoms with Gasteiger partial charge in [-0.1, -0.05) is 0 Å². The number of ketones is 1. The minimum Gasteiger partial charge on any atom is -0.494 e. The van der Waals surface area contributed by atoms with Gasteiger partial charge in [0, 0.05) is 11.3 Å². The van der Waals surface area contributed by atoms with Gasteiger partial charge >= 0.3 is 0 Å². The molecule has 0 amide bonds. The molecule has 0 aromatic heterocycles. The monoisotopic (exact) mass is 256 g/mol. The van der Waals surface area contributed by atoms with Crippen LogP contribution < -0.4 is 10.5 Å². The molecule has 0 saturated carbocycles. The van der Waals surface area contributed by atoms with Crippen LogP contribution in [-0.2, 0) is 4.79 Å². The molecule has 4 nitrogen and oxygen atoms in total. The van der Waals surface area contributed by atoms with E-state index in [2.05, 4.69) is 4.99 Å². The summed E-state index contributed by atoms with van der Waals surface area (Å²) in [6.45, 7) is 3.84. The van der Waals surface area contributed by atoms with Crippen LogP contribution >= 0.6 is 0 Å². The van der Waals surface area contributed by atoms with Crippen molar-refractivity contribution in [2.75, 3.05) is 12.8 Å². The number of nitrogen functional groups attached to an aromatic ring is 1. The van der Waals surface area contributed by atoms with E-state index < -0.39 is 0 Å². The number of anilines is 1. The van der Waals surface area contributed by atoms with Gasteiger partial charge < -0.3 is 10.5 Å². The normalized spacial score (nSPS) is 13.8. The molecule has 4 heteroatoms. The van der Waals surface area contributed by atoms with Crippen molar-refractivity contribution in [3.63, 3.8) is 0 Å². The summed E-state index contributed by atoms with van der Waals surface area (Å²) in [5, 5.41) is 0.